The summed E-state index contributed by atoms with van der Waals surface area (Å²) in [6.45, 7) is 3.02. The van der Waals surface area contributed by atoms with Gasteiger partial charge in [0.2, 0.25) is 0 Å². The van der Waals surface area contributed by atoms with E-state index in [1.807, 2.05) is 0 Å². The molecule has 18 heavy (non-hydrogen) atoms. The zero-order valence-corrected chi connectivity index (χ0v) is 11.0. The van der Waals surface area contributed by atoms with Crippen LogP contribution in [0.1, 0.15) is 19.3 Å². The minimum atomic E-state index is -0.436. The van der Waals surface area contributed by atoms with Crippen LogP contribution >= 0.6 is 11.6 Å². The maximum absolute atomic E-state index is 13.5. The summed E-state index contributed by atoms with van der Waals surface area (Å²) >= 11 is 5.62. The predicted molar refractivity (Wildman–Crippen MR) is 70.5 cm³/mol. The average molecular weight is 270 g/mol. The molecule has 2 aliphatic rings. The normalized spacial score (nSPS) is 28.0. The van der Waals surface area contributed by atoms with Crippen LogP contribution in [0.4, 0.5) is 10.1 Å². The van der Waals surface area contributed by atoms with Gasteiger partial charge in [0.05, 0.1) is 11.9 Å². The van der Waals surface area contributed by atoms with Crippen molar-refractivity contribution in [2.24, 2.45) is 5.92 Å². The number of rotatable bonds is 1. The molecule has 1 aromatic heterocycles. The summed E-state index contributed by atoms with van der Waals surface area (Å²) in [6.07, 6.45) is 5.36. The zero-order chi connectivity index (χ0) is 12.5. The fourth-order valence-corrected chi connectivity index (χ4v) is 3.18. The second kappa shape index (κ2) is 5.02. The highest BCUT2D eigenvalue weighted by Gasteiger charge is 2.30. The molecule has 98 valence electrons. The lowest BCUT2D eigenvalue weighted by Crippen LogP contribution is -2.38. The van der Waals surface area contributed by atoms with Crippen molar-refractivity contribution in [1.29, 1.82) is 0 Å². The molecule has 0 bridgehead atoms. The molecule has 2 saturated heterocycles. The van der Waals surface area contributed by atoms with E-state index in [1.54, 1.807) is 6.20 Å². The second-order valence-corrected chi connectivity index (χ2v) is 5.52. The molecule has 3 rings (SSSR count). The first-order valence-electron chi connectivity index (χ1n) is 6.53. The number of hydrogen-bond acceptors (Lipinski definition) is 3. The largest absolute Gasteiger partial charge is 0.369 e. The number of anilines is 1. The molecular formula is C13H17ClFN3. The third-order valence-electron chi connectivity index (χ3n) is 4.06. The number of nitrogens with one attached hydrogen (secondary N) is 1. The summed E-state index contributed by atoms with van der Waals surface area (Å²) in [7, 11) is 0. The highest BCUT2D eigenvalue weighted by Crippen LogP contribution is 2.28. The molecule has 0 radical (unpaired) electrons. The Bertz CT molecular complexity index is 440. The molecule has 2 fully saturated rings. The fraction of sp³-hybridized carbons (Fsp3) is 0.615. The van der Waals surface area contributed by atoms with E-state index in [9.17, 15) is 4.39 Å². The SMILES string of the molecule is Fc1cc(N2CCC[C@H]3CCN[C@H]3C2)cnc1Cl. The topological polar surface area (TPSA) is 28.2 Å². The van der Waals surface area contributed by atoms with Gasteiger partial charge in [0.15, 0.2) is 11.0 Å². The van der Waals surface area contributed by atoms with Crippen LogP contribution in [0.2, 0.25) is 5.15 Å². The summed E-state index contributed by atoms with van der Waals surface area (Å²) in [5.41, 5.74) is 0.839. The van der Waals surface area contributed by atoms with Crippen molar-refractivity contribution >= 4 is 17.3 Å². The van der Waals surface area contributed by atoms with Gasteiger partial charge in [0, 0.05) is 25.2 Å². The van der Waals surface area contributed by atoms with Crippen molar-refractivity contribution in [3.63, 3.8) is 0 Å². The molecule has 0 saturated carbocycles. The summed E-state index contributed by atoms with van der Waals surface area (Å²) in [4.78, 5) is 6.12. The van der Waals surface area contributed by atoms with Crippen LogP contribution in [0.5, 0.6) is 0 Å². The van der Waals surface area contributed by atoms with Crippen molar-refractivity contribution in [1.82, 2.24) is 10.3 Å². The number of fused-ring (bicyclic) bond motifs is 1. The number of hydrogen-bond donors (Lipinski definition) is 1. The molecule has 0 aliphatic carbocycles. The van der Waals surface area contributed by atoms with Crippen molar-refractivity contribution in [3.8, 4) is 0 Å². The van der Waals surface area contributed by atoms with Crippen molar-refractivity contribution in [2.45, 2.75) is 25.3 Å². The van der Waals surface area contributed by atoms with Crippen LogP contribution in [0, 0.1) is 11.7 Å². The highest BCUT2D eigenvalue weighted by atomic mass is 35.5. The van der Waals surface area contributed by atoms with E-state index in [-0.39, 0.29) is 5.15 Å². The molecule has 2 aliphatic heterocycles. The van der Waals surface area contributed by atoms with E-state index in [0.717, 1.165) is 37.7 Å². The lowest BCUT2D eigenvalue weighted by molar-refractivity contribution is 0.445. The Hall–Kier alpha value is -0.870. The van der Waals surface area contributed by atoms with Crippen molar-refractivity contribution < 1.29 is 4.39 Å². The number of halogens is 2. The minimum Gasteiger partial charge on any atom is -0.369 e. The Morgan fingerprint density at radius 1 is 1.44 bits per heavy atom. The summed E-state index contributed by atoms with van der Waals surface area (Å²) in [6, 6.07) is 2.02. The van der Waals surface area contributed by atoms with Gasteiger partial charge in [-0.15, -0.1) is 0 Å². The molecule has 3 nitrogen and oxygen atoms in total. The van der Waals surface area contributed by atoms with Crippen LogP contribution in [-0.4, -0.2) is 30.7 Å². The maximum Gasteiger partial charge on any atom is 0.164 e. The zero-order valence-electron chi connectivity index (χ0n) is 10.2. The highest BCUT2D eigenvalue weighted by molar-refractivity contribution is 6.29. The Morgan fingerprint density at radius 2 is 2.33 bits per heavy atom. The molecule has 0 spiro atoms. The molecule has 0 amide bonds. The Balaban J connectivity index is 1.80. The molecule has 0 aromatic carbocycles. The Morgan fingerprint density at radius 3 is 3.17 bits per heavy atom. The monoisotopic (exact) mass is 269 g/mol. The Labute approximate surface area is 111 Å². The van der Waals surface area contributed by atoms with Gasteiger partial charge in [-0.2, -0.15) is 0 Å². The standard InChI is InChI=1S/C13H17ClFN3/c14-13-11(15)6-10(7-17-13)18-5-1-2-9-3-4-16-12(9)8-18/h6-7,9,12,16H,1-5,8H2/t9-,12-/m0/s1. The van der Waals surface area contributed by atoms with Gasteiger partial charge in [-0.3, -0.25) is 0 Å². The van der Waals surface area contributed by atoms with Gasteiger partial charge in [-0.25, -0.2) is 9.37 Å². The minimum absolute atomic E-state index is 0.0505. The van der Waals surface area contributed by atoms with Gasteiger partial charge < -0.3 is 10.2 Å². The molecule has 1 N–H and O–H groups in total. The Kier molecular flexibility index (Phi) is 3.39. The third-order valence-corrected chi connectivity index (χ3v) is 4.34. The summed E-state index contributed by atoms with van der Waals surface area (Å²) in [5.74, 6) is 0.342. The van der Waals surface area contributed by atoms with Gasteiger partial charge in [-0.1, -0.05) is 11.6 Å². The van der Waals surface area contributed by atoms with Crippen LogP contribution in [0.3, 0.4) is 0 Å². The van der Waals surface area contributed by atoms with E-state index in [0.29, 0.717) is 6.04 Å². The van der Waals surface area contributed by atoms with E-state index in [2.05, 4.69) is 15.2 Å². The maximum atomic E-state index is 13.5. The smallest absolute Gasteiger partial charge is 0.164 e. The predicted octanol–water partition coefficient (Wildman–Crippen LogP) is 2.45. The van der Waals surface area contributed by atoms with Crippen LogP contribution in [-0.2, 0) is 0 Å². The second-order valence-electron chi connectivity index (χ2n) is 5.16. The van der Waals surface area contributed by atoms with Crippen LogP contribution in [0.25, 0.3) is 0 Å². The quantitative estimate of drug-likeness (QED) is 0.794. The van der Waals surface area contributed by atoms with Crippen molar-refractivity contribution in [3.05, 3.63) is 23.2 Å². The molecular weight excluding hydrogens is 253 g/mol. The fourth-order valence-electron chi connectivity index (χ4n) is 3.07. The molecule has 0 unspecified atom stereocenters. The van der Waals surface area contributed by atoms with Crippen LogP contribution in [0.15, 0.2) is 12.3 Å². The van der Waals surface area contributed by atoms with Gasteiger partial charge in [-0.05, 0) is 31.7 Å². The molecule has 1 aromatic rings. The van der Waals surface area contributed by atoms with E-state index < -0.39 is 5.82 Å². The molecule has 5 heteroatoms. The third kappa shape index (κ3) is 2.31. The van der Waals surface area contributed by atoms with Gasteiger partial charge >= 0.3 is 0 Å². The lowest BCUT2D eigenvalue weighted by Gasteiger charge is -2.26. The molecule has 3 heterocycles. The van der Waals surface area contributed by atoms with Gasteiger partial charge in [0.25, 0.3) is 0 Å². The number of nitrogens with zero attached hydrogens (tertiary/aromatic N) is 2. The first kappa shape index (κ1) is 12.2. The molecule has 2 atom stereocenters. The van der Waals surface area contributed by atoms with Crippen molar-refractivity contribution in [2.75, 3.05) is 24.5 Å². The average Bonchev–Trinajstić information content (AvgIpc) is 2.70. The first-order valence-corrected chi connectivity index (χ1v) is 6.91. The lowest BCUT2D eigenvalue weighted by atomic mass is 9.97. The van der Waals surface area contributed by atoms with Gasteiger partial charge in [0.1, 0.15) is 0 Å². The first-order chi connectivity index (χ1) is 8.74. The van der Waals surface area contributed by atoms with E-state index >= 15 is 0 Å². The number of pyridine rings is 1. The van der Waals surface area contributed by atoms with Crippen LogP contribution < -0.4 is 10.2 Å². The number of aromatic nitrogens is 1. The van der Waals surface area contributed by atoms with E-state index in [1.165, 1.54) is 18.9 Å². The summed E-state index contributed by atoms with van der Waals surface area (Å²) < 4.78 is 13.5. The van der Waals surface area contributed by atoms with E-state index in [4.69, 9.17) is 11.6 Å². The summed E-state index contributed by atoms with van der Waals surface area (Å²) in [5, 5.41) is 3.49.